The smallest absolute Gasteiger partial charge is 0.224 e. The van der Waals surface area contributed by atoms with Crippen molar-refractivity contribution in [2.75, 3.05) is 30.9 Å². The average molecular weight is 399 g/mol. The molecule has 146 valence electrons. The van der Waals surface area contributed by atoms with E-state index in [4.69, 9.17) is 21.1 Å². The van der Waals surface area contributed by atoms with Gasteiger partial charge < -0.3 is 20.1 Å². The number of anilines is 3. The molecule has 0 amide bonds. The van der Waals surface area contributed by atoms with Crippen LogP contribution in [0.15, 0.2) is 60.8 Å². The Hall–Kier alpha value is -2.83. The average Bonchev–Trinajstić information content (AvgIpc) is 2.72. The summed E-state index contributed by atoms with van der Waals surface area (Å²) in [6.45, 7) is 1.96. The number of hydrogen-bond acceptors (Lipinski definition) is 6. The predicted molar refractivity (Wildman–Crippen MR) is 113 cm³/mol. The summed E-state index contributed by atoms with van der Waals surface area (Å²) in [5.41, 5.74) is 1.99. The molecule has 0 aliphatic heterocycles. The van der Waals surface area contributed by atoms with Crippen LogP contribution >= 0.6 is 11.6 Å². The van der Waals surface area contributed by atoms with E-state index >= 15 is 0 Å². The van der Waals surface area contributed by atoms with Crippen molar-refractivity contribution in [3.63, 3.8) is 0 Å². The zero-order valence-electron chi connectivity index (χ0n) is 15.7. The fourth-order valence-corrected chi connectivity index (χ4v) is 2.59. The van der Waals surface area contributed by atoms with Crippen molar-refractivity contribution in [1.29, 1.82) is 0 Å². The second-order valence-corrected chi connectivity index (χ2v) is 6.54. The van der Waals surface area contributed by atoms with Crippen molar-refractivity contribution >= 4 is 29.1 Å². The number of nitrogens with one attached hydrogen (secondary N) is 2. The largest absolute Gasteiger partial charge is 0.489 e. The second kappa shape index (κ2) is 10.5. The monoisotopic (exact) mass is 398 g/mol. The zero-order chi connectivity index (χ0) is 19.6. The molecule has 3 aromatic rings. The summed E-state index contributed by atoms with van der Waals surface area (Å²) in [6.07, 6.45) is 2.62. The molecule has 1 heterocycles. The maximum atomic E-state index is 5.89. The topological polar surface area (TPSA) is 68.3 Å². The Labute approximate surface area is 169 Å². The van der Waals surface area contributed by atoms with Gasteiger partial charge in [0.1, 0.15) is 18.2 Å². The molecule has 0 saturated heterocycles. The summed E-state index contributed by atoms with van der Waals surface area (Å²) in [5.74, 6) is 2.10. The molecule has 0 fully saturated rings. The van der Waals surface area contributed by atoms with Crippen LogP contribution in [-0.4, -0.2) is 30.2 Å². The van der Waals surface area contributed by atoms with Crippen LogP contribution in [0.4, 0.5) is 17.5 Å². The first-order valence-electron chi connectivity index (χ1n) is 9.03. The van der Waals surface area contributed by atoms with E-state index in [1.165, 1.54) is 0 Å². The highest BCUT2D eigenvalue weighted by atomic mass is 35.5. The van der Waals surface area contributed by atoms with Gasteiger partial charge in [0.15, 0.2) is 0 Å². The van der Waals surface area contributed by atoms with Crippen LogP contribution in [0, 0.1) is 0 Å². The first kappa shape index (κ1) is 19.9. The fraction of sp³-hybridized carbons (Fsp3) is 0.238. The summed E-state index contributed by atoms with van der Waals surface area (Å²) in [7, 11) is 1.69. The molecule has 1 aromatic heterocycles. The minimum Gasteiger partial charge on any atom is -0.489 e. The van der Waals surface area contributed by atoms with E-state index in [1.807, 2.05) is 54.6 Å². The molecular weight excluding hydrogens is 376 g/mol. The second-order valence-electron chi connectivity index (χ2n) is 6.10. The molecular formula is C21H23ClN4O2. The maximum absolute atomic E-state index is 5.89. The van der Waals surface area contributed by atoms with Gasteiger partial charge in [-0.3, -0.25) is 0 Å². The van der Waals surface area contributed by atoms with Crippen molar-refractivity contribution in [2.24, 2.45) is 0 Å². The van der Waals surface area contributed by atoms with E-state index < -0.39 is 0 Å². The summed E-state index contributed by atoms with van der Waals surface area (Å²) < 4.78 is 10.8. The first-order valence-corrected chi connectivity index (χ1v) is 9.41. The molecule has 0 atom stereocenters. The molecule has 0 bridgehead atoms. The van der Waals surface area contributed by atoms with Gasteiger partial charge in [0.25, 0.3) is 0 Å². The number of hydrogen-bond donors (Lipinski definition) is 2. The lowest BCUT2D eigenvalue weighted by Crippen LogP contribution is -2.08. The van der Waals surface area contributed by atoms with Crippen LogP contribution in [0.25, 0.3) is 0 Å². The molecule has 28 heavy (non-hydrogen) atoms. The van der Waals surface area contributed by atoms with Gasteiger partial charge in [-0.15, -0.1) is 0 Å². The number of rotatable bonds is 10. The van der Waals surface area contributed by atoms with Gasteiger partial charge in [-0.05, 0) is 54.4 Å². The number of ether oxygens (including phenoxy) is 2. The van der Waals surface area contributed by atoms with Gasteiger partial charge in [0.05, 0.1) is 0 Å². The molecule has 0 aliphatic carbocycles. The number of nitrogens with zero attached hydrogens (tertiary/aromatic N) is 2. The molecule has 0 spiro atoms. The fourth-order valence-electron chi connectivity index (χ4n) is 2.46. The SMILES string of the molecule is COCCCNc1nccc(Nc2ccc(OCc3ccc(Cl)cc3)cc2)n1. The van der Waals surface area contributed by atoms with Crippen LogP contribution in [0.2, 0.25) is 5.02 Å². The third-order valence-corrected chi connectivity index (χ3v) is 4.16. The van der Waals surface area contributed by atoms with Crippen LogP contribution in [-0.2, 0) is 11.3 Å². The zero-order valence-corrected chi connectivity index (χ0v) is 16.4. The summed E-state index contributed by atoms with van der Waals surface area (Å²) in [4.78, 5) is 8.68. The van der Waals surface area contributed by atoms with Gasteiger partial charge >= 0.3 is 0 Å². The van der Waals surface area contributed by atoms with Gasteiger partial charge in [-0.2, -0.15) is 4.98 Å². The Morgan fingerprint density at radius 3 is 2.54 bits per heavy atom. The van der Waals surface area contributed by atoms with Crippen molar-refractivity contribution in [2.45, 2.75) is 13.0 Å². The van der Waals surface area contributed by atoms with Crippen molar-refractivity contribution < 1.29 is 9.47 Å². The van der Waals surface area contributed by atoms with Crippen molar-refractivity contribution in [3.05, 3.63) is 71.4 Å². The lowest BCUT2D eigenvalue weighted by atomic mass is 10.2. The van der Waals surface area contributed by atoms with Crippen molar-refractivity contribution in [3.8, 4) is 5.75 Å². The number of halogens is 1. The third kappa shape index (κ3) is 6.40. The lowest BCUT2D eigenvalue weighted by Gasteiger charge is -2.10. The maximum Gasteiger partial charge on any atom is 0.224 e. The highest BCUT2D eigenvalue weighted by molar-refractivity contribution is 6.30. The van der Waals surface area contributed by atoms with Gasteiger partial charge in [0, 0.05) is 37.2 Å². The predicted octanol–water partition coefficient (Wildman–Crippen LogP) is 4.90. The molecule has 0 aliphatic rings. The van der Waals surface area contributed by atoms with E-state index in [9.17, 15) is 0 Å². The highest BCUT2D eigenvalue weighted by Crippen LogP contribution is 2.20. The Bertz CT molecular complexity index is 857. The molecule has 3 rings (SSSR count). The van der Waals surface area contributed by atoms with E-state index in [1.54, 1.807) is 13.3 Å². The summed E-state index contributed by atoms with van der Waals surface area (Å²) in [6, 6.07) is 17.2. The molecule has 2 aromatic carbocycles. The normalized spacial score (nSPS) is 10.5. The van der Waals surface area contributed by atoms with Crippen LogP contribution in [0.1, 0.15) is 12.0 Å². The van der Waals surface area contributed by atoms with E-state index in [2.05, 4.69) is 20.6 Å². The minimum absolute atomic E-state index is 0.494. The van der Waals surface area contributed by atoms with Gasteiger partial charge in [-0.1, -0.05) is 23.7 Å². The Balaban J connectivity index is 1.51. The third-order valence-electron chi connectivity index (χ3n) is 3.91. The molecule has 7 heteroatoms. The first-order chi connectivity index (χ1) is 13.7. The Kier molecular flexibility index (Phi) is 7.46. The van der Waals surface area contributed by atoms with E-state index in [0.717, 1.165) is 40.8 Å². The molecule has 2 N–H and O–H groups in total. The van der Waals surface area contributed by atoms with Gasteiger partial charge in [-0.25, -0.2) is 4.98 Å². The Morgan fingerprint density at radius 1 is 1.00 bits per heavy atom. The quantitative estimate of drug-likeness (QED) is 0.473. The standard InChI is InChI=1S/C21H23ClN4O2/c1-27-14-2-12-23-21-24-13-11-20(26-21)25-18-7-9-19(10-8-18)28-15-16-3-5-17(22)6-4-16/h3-11,13H,2,12,14-15H2,1H3,(H2,23,24,25,26). The number of aromatic nitrogens is 2. The molecule has 0 unspecified atom stereocenters. The summed E-state index contributed by atoms with van der Waals surface area (Å²) >= 11 is 5.89. The number of methoxy groups -OCH3 is 1. The van der Waals surface area contributed by atoms with Crippen LogP contribution in [0.3, 0.4) is 0 Å². The summed E-state index contributed by atoms with van der Waals surface area (Å²) in [5, 5.41) is 7.17. The van der Waals surface area contributed by atoms with Crippen LogP contribution < -0.4 is 15.4 Å². The molecule has 6 nitrogen and oxygen atoms in total. The number of benzene rings is 2. The van der Waals surface area contributed by atoms with Crippen molar-refractivity contribution in [1.82, 2.24) is 9.97 Å². The van der Waals surface area contributed by atoms with E-state index in [0.29, 0.717) is 19.2 Å². The van der Waals surface area contributed by atoms with E-state index in [-0.39, 0.29) is 0 Å². The van der Waals surface area contributed by atoms with Gasteiger partial charge in [0.2, 0.25) is 5.95 Å². The Morgan fingerprint density at radius 2 is 1.79 bits per heavy atom. The molecule has 0 saturated carbocycles. The molecule has 0 radical (unpaired) electrons. The lowest BCUT2D eigenvalue weighted by molar-refractivity contribution is 0.197. The highest BCUT2D eigenvalue weighted by Gasteiger charge is 2.01. The van der Waals surface area contributed by atoms with Crippen LogP contribution in [0.5, 0.6) is 5.75 Å². The minimum atomic E-state index is 0.494.